The summed E-state index contributed by atoms with van der Waals surface area (Å²) in [6.07, 6.45) is 1.19. The minimum atomic E-state index is -0.483. The van der Waals surface area contributed by atoms with E-state index in [4.69, 9.17) is 0 Å². The maximum atomic E-state index is 12.5. The van der Waals surface area contributed by atoms with Gasteiger partial charge in [-0.05, 0) is 77.8 Å². The number of aromatic hydroxyl groups is 2. The first-order valence-corrected chi connectivity index (χ1v) is 12.7. The zero-order valence-corrected chi connectivity index (χ0v) is 23.4. The standard InChI is InChI=1S/C30H44N2O4/c1-18-14-21(16-23(27(18)35)29(4,5)6)10-12-25(33)31-20(3)32-26(34)13-11-22-15-19(2)28(36)24(17-22)30(7,8)9/h14-17,20,35-36H,10-13H2,1-9H3,(H,31,33)(H,32,34). The predicted molar refractivity (Wildman–Crippen MR) is 145 cm³/mol. The van der Waals surface area contributed by atoms with Crippen LogP contribution in [-0.4, -0.2) is 28.2 Å². The SMILES string of the molecule is Cc1cc(CCC(=O)NC(C)NC(=O)CCc2cc(C)c(O)c(C(C)(C)C)c2)cc(C(C)(C)C)c1O. The molecular weight excluding hydrogens is 452 g/mol. The van der Waals surface area contributed by atoms with Crippen molar-refractivity contribution in [1.29, 1.82) is 0 Å². The van der Waals surface area contributed by atoms with E-state index in [0.29, 0.717) is 24.3 Å². The van der Waals surface area contributed by atoms with Gasteiger partial charge in [0.1, 0.15) is 11.5 Å². The Morgan fingerprint density at radius 1 is 0.722 bits per heavy atom. The molecule has 2 aromatic carbocycles. The molecule has 0 unspecified atom stereocenters. The molecule has 0 saturated heterocycles. The lowest BCUT2D eigenvalue weighted by molar-refractivity contribution is -0.124. The highest BCUT2D eigenvalue weighted by Crippen LogP contribution is 2.35. The Balaban J connectivity index is 1.88. The fraction of sp³-hybridized carbons (Fsp3) is 0.533. The summed E-state index contributed by atoms with van der Waals surface area (Å²) in [5, 5.41) is 26.5. The van der Waals surface area contributed by atoms with Crippen molar-refractivity contribution in [3.8, 4) is 11.5 Å². The minimum Gasteiger partial charge on any atom is -0.507 e. The molecule has 36 heavy (non-hydrogen) atoms. The molecule has 0 fully saturated rings. The molecule has 0 radical (unpaired) electrons. The Morgan fingerprint density at radius 3 is 1.36 bits per heavy atom. The molecule has 0 aromatic heterocycles. The summed E-state index contributed by atoms with van der Waals surface area (Å²) in [5.74, 6) is 0.331. The van der Waals surface area contributed by atoms with Crippen LogP contribution in [0.25, 0.3) is 0 Å². The van der Waals surface area contributed by atoms with E-state index in [2.05, 4.69) is 52.2 Å². The van der Waals surface area contributed by atoms with E-state index in [1.54, 1.807) is 6.92 Å². The summed E-state index contributed by atoms with van der Waals surface area (Å²) >= 11 is 0. The molecule has 0 bridgehead atoms. The molecule has 0 heterocycles. The number of rotatable bonds is 8. The number of carbonyl (C=O) groups is 2. The second-order valence-electron chi connectivity index (χ2n) is 12.0. The maximum Gasteiger partial charge on any atom is 0.221 e. The van der Waals surface area contributed by atoms with E-state index >= 15 is 0 Å². The van der Waals surface area contributed by atoms with Crippen molar-refractivity contribution in [3.05, 3.63) is 57.6 Å². The van der Waals surface area contributed by atoms with E-state index < -0.39 is 6.17 Å². The number of nitrogens with one attached hydrogen (secondary N) is 2. The van der Waals surface area contributed by atoms with Crippen molar-refractivity contribution < 1.29 is 19.8 Å². The van der Waals surface area contributed by atoms with Gasteiger partial charge in [0.05, 0.1) is 6.17 Å². The zero-order valence-electron chi connectivity index (χ0n) is 23.4. The van der Waals surface area contributed by atoms with Crippen molar-refractivity contribution in [2.75, 3.05) is 0 Å². The molecule has 0 aliphatic rings. The van der Waals surface area contributed by atoms with Crippen LogP contribution < -0.4 is 10.6 Å². The maximum absolute atomic E-state index is 12.5. The topological polar surface area (TPSA) is 98.7 Å². The van der Waals surface area contributed by atoms with E-state index in [9.17, 15) is 19.8 Å². The molecule has 0 aliphatic carbocycles. The largest absolute Gasteiger partial charge is 0.507 e. The van der Waals surface area contributed by atoms with Gasteiger partial charge in [-0.2, -0.15) is 0 Å². The Kier molecular flexibility index (Phi) is 9.22. The average molecular weight is 497 g/mol. The molecule has 2 amide bonds. The van der Waals surface area contributed by atoms with Gasteiger partial charge in [0.15, 0.2) is 0 Å². The quantitative estimate of drug-likeness (QED) is 0.365. The number of amides is 2. The molecule has 198 valence electrons. The van der Waals surface area contributed by atoms with Crippen LogP contribution in [-0.2, 0) is 33.3 Å². The molecule has 2 rings (SSSR count). The van der Waals surface area contributed by atoms with Gasteiger partial charge in [0, 0.05) is 12.8 Å². The Hall–Kier alpha value is -3.02. The fourth-order valence-electron chi connectivity index (χ4n) is 4.32. The third-order valence-electron chi connectivity index (χ3n) is 6.37. The number of aryl methyl sites for hydroxylation is 4. The third kappa shape index (κ3) is 8.00. The van der Waals surface area contributed by atoms with Gasteiger partial charge in [-0.3, -0.25) is 9.59 Å². The highest BCUT2D eigenvalue weighted by Gasteiger charge is 2.22. The molecule has 6 nitrogen and oxygen atoms in total. The van der Waals surface area contributed by atoms with Crippen LogP contribution in [0.4, 0.5) is 0 Å². The van der Waals surface area contributed by atoms with Crippen LogP contribution in [0.2, 0.25) is 0 Å². The summed E-state index contributed by atoms with van der Waals surface area (Å²) in [7, 11) is 0. The van der Waals surface area contributed by atoms with Crippen LogP contribution in [0.15, 0.2) is 24.3 Å². The van der Waals surface area contributed by atoms with Crippen LogP contribution in [0.1, 0.15) is 94.7 Å². The van der Waals surface area contributed by atoms with Gasteiger partial charge >= 0.3 is 0 Å². The second-order valence-corrected chi connectivity index (χ2v) is 12.0. The highest BCUT2D eigenvalue weighted by atomic mass is 16.3. The van der Waals surface area contributed by atoms with Crippen LogP contribution >= 0.6 is 0 Å². The number of phenols is 2. The van der Waals surface area contributed by atoms with Gasteiger partial charge in [-0.15, -0.1) is 0 Å². The third-order valence-corrected chi connectivity index (χ3v) is 6.37. The van der Waals surface area contributed by atoms with Crippen LogP contribution in [0.5, 0.6) is 11.5 Å². The van der Waals surface area contributed by atoms with Crippen molar-refractivity contribution in [1.82, 2.24) is 10.6 Å². The van der Waals surface area contributed by atoms with E-state index in [0.717, 1.165) is 33.4 Å². The Morgan fingerprint density at radius 2 is 1.06 bits per heavy atom. The lowest BCUT2D eigenvalue weighted by Gasteiger charge is -2.23. The van der Waals surface area contributed by atoms with Crippen LogP contribution in [0.3, 0.4) is 0 Å². The van der Waals surface area contributed by atoms with E-state index in [-0.39, 0.29) is 35.5 Å². The van der Waals surface area contributed by atoms with Crippen molar-refractivity contribution >= 4 is 11.8 Å². The molecule has 0 spiro atoms. The molecule has 0 aliphatic heterocycles. The summed E-state index contributed by atoms with van der Waals surface area (Å²) in [6.45, 7) is 17.8. The van der Waals surface area contributed by atoms with Gasteiger partial charge < -0.3 is 20.8 Å². The van der Waals surface area contributed by atoms with Gasteiger partial charge in [0.2, 0.25) is 11.8 Å². The smallest absolute Gasteiger partial charge is 0.221 e. The second kappa shape index (κ2) is 11.4. The summed E-state index contributed by atoms with van der Waals surface area (Å²) in [5.41, 5.74) is 4.96. The van der Waals surface area contributed by atoms with Gasteiger partial charge in [-0.25, -0.2) is 0 Å². The molecule has 0 atom stereocenters. The average Bonchev–Trinajstić information content (AvgIpc) is 2.73. The van der Waals surface area contributed by atoms with Crippen LogP contribution in [0, 0.1) is 13.8 Å². The normalized spacial score (nSPS) is 12.1. The first-order chi connectivity index (χ1) is 16.5. The molecule has 2 aromatic rings. The van der Waals surface area contributed by atoms with E-state index in [1.165, 1.54) is 0 Å². The zero-order chi connectivity index (χ0) is 27.4. The predicted octanol–water partition coefficient (Wildman–Crippen LogP) is 5.45. The lowest BCUT2D eigenvalue weighted by Crippen LogP contribution is -2.46. The summed E-state index contributed by atoms with van der Waals surface area (Å²) in [4.78, 5) is 25.0. The Labute approximate surface area is 216 Å². The number of carbonyl (C=O) groups excluding carboxylic acids is 2. The highest BCUT2D eigenvalue weighted by molar-refractivity contribution is 5.79. The van der Waals surface area contributed by atoms with Crippen molar-refractivity contribution in [2.45, 2.75) is 105 Å². The first-order valence-electron chi connectivity index (χ1n) is 12.7. The fourth-order valence-corrected chi connectivity index (χ4v) is 4.32. The first kappa shape index (κ1) is 29.2. The molecular formula is C30H44N2O4. The minimum absolute atomic E-state index is 0.144. The summed E-state index contributed by atoms with van der Waals surface area (Å²) < 4.78 is 0. The van der Waals surface area contributed by atoms with Gasteiger partial charge in [-0.1, -0.05) is 65.8 Å². The number of hydrogen-bond donors (Lipinski definition) is 4. The number of phenolic OH excluding ortho intramolecular Hbond substituents is 2. The Bertz CT molecular complexity index is 1020. The number of benzene rings is 2. The lowest BCUT2D eigenvalue weighted by atomic mass is 9.83. The monoisotopic (exact) mass is 496 g/mol. The molecule has 4 N–H and O–H groups in total. The van der Waals surface area contributed by atoms with Crippen molar-refractivity contribution in [3.63, 3.8) is 0 Å². The van der Waals surface area contributed by atoms with E-state index in [1.807, 2.05) is 38.1 Å². The van der Waals surface area contributed by atoms with Gasteiger partial charge in [0.25, 0.3) is 0 Å². The molecule has 0 saturated carbocycles. The van der Waals surface area contributed by atoms with Crippen molar-refractivity contribution in [2.24, 2.45) is 0 Å². The molecule has 6 heteroatoms. The summed E-state index contributed by atoms with van der Waals surface area (Å²) in [6, 6.07) is 7.77. The number of hydrogen-bond acceptors (Lipinski definition) is 4.